The average molecular weight is 369 g/mol. The van der Waals surface area contributed by atoms with E-state index in [0.717, 1.165) is 10.3 Å². The molecule has 3 aromatic rings. The molecule has 0 saturated carbocycles. The monoisotopic (exact) mass is 369 g/mol. The number of benzene rings is 3. The largest absolute Gasteiger partial charge is 0.326 e. The lowest BCUT2D eigenvalue weighted by Gasteiger charge is -2.27. The molecule has 6 nitrogen and oxygen atoms in total. The van der Waals surface area contributed by atoms with Gasteiger partial charge in [0.1, 0.15) is 0 Å². The Bertz CT molecular complexity index is 1110. The lowest BCUT2D eigenvalue weighted by atomic mass is 9.94. The Hall–Kier alpha value is -3.98. The number of amides is 3. The number of hydrogen-bond acceptors (Lipinski definition) is 4. The molecule has 0 aliphatic carbocycles. The highest BCUT2D eigenvalue weighted by molar-refractivity contribution is 6.25. The summed E-state index contributed by atoms with van der Waals surface area (Å²) in [6, 6.07) is 19.2. The zero-order valence-electron chi connectivity index (χ0n) is 14.8. The van der Waals surface area contributed by atoms with Gasteiger partial charge in [-0.1, -0.05) is 24.3 Å². The van der Waals surface area contributed by atoms with Crippen LogP contribution < -0.4 is 5.32 Å². The van der Waals surface area contributed by atoms with Crippen LogP contribution in [0.25, 0.3) is 10.8 Å². The summed E-state index contributed by atoms with van der Waals surface area (Å²) in [5.74, 6) is -1.09. The van der Waals surface area contributed by atoms with Gasteiger partial charge in [0, 0.05) is 35.2 Å². The SMILES string of the molecule is N#Cc1ccc(NC(=O)CCN2C(=O)c3cccc4cccc(c34)C2=O)cc1. The van der Waals surface area contributed by atoms with E-state index >= 15 is 0 Å². The number of hydrogen-bond donors (Lipinski definition) is 1. The second-order valence-electron chi connectivity index (χ2n) is 6.46. The average Bonchev–Trinajstić information content (AvgIpc) is 2.72. The number of nitriles is 1. The second-order valence-corrected chi connectivity index (χ2v) is 6.46. The van der Waals surface area contributed by atoms with E-state index in [2.05, 4.69) is 5.32 Å². The zero-order chi connectivity index (χ0) is 19.7. The van der Waals surface area contributed by atoms with Gasteiger partial charge in [0.25, 0.3) is 11.8 Å². The predicted molar refractivity (Wildman–Crippen MR) is 104 cm³/mol. The zero-order valence-corrected chi connectivity index (χ0v) is 14.8. The number of imide groups is 1. The van der Waals surface area contributed by atoms with Crippen LogP contribution in [0.4, 0.5) is 5.69 Å². The van der Waals surface area contributed by atoms with Crippen molar-refractivity contribution in [3.05, 3.63) is 77.4 Å². The van der Waals surface area contributed by atoms with E-state index < -0.39 is 0 Å². The molecule has 0 saturated heterocycles. The van der Waals surface area contributed by atoms with Gasteiger partial charge in [-0.15, -0.1) is 0 Å². The highest BCUT2D eigenvalue weighted by atomic mass is 16.2. The first-order valence-electron chi connectivity index (χ1n) is 8.76. The van der Waals surface area contributed by atoms with Gasteiger partial charge in [-0.2, -0.15) is 5.26 Å². The maximum absolute atomic E-state index is 12.8. The van der Waals surface area contributed by atoms with Crippen molar-refractivity contribution in [3.8, 4) is 6.07 Å². The summed E-state index contributed by atoms with van der Waals surface area (Å²) in [5, 5.41) is 13.0. The molecule has 0 spiro atoms. The maximum Gasteiger partial charge on any atom is 0.261 e. The topological polar surface area (TPSA) is 90.3 Å². The Kier molecular flexibility index (Phi) is 4.34. The van der Waals surface area contributed by atoms with E-state index in [0.29, 0.717) is 27.8 Å². The number of carbonyl (C=O) groups excluding carboxylic acids is 3. The summed E-state index contributed by atoms with van der Waals surface area (Å²) in [7, 11) is 0. The highest BCUT2D eigenvalue weighted by Crippen LogP contribution is 2.29. The third kappa shape index (κ3) is 2.99. The molecule has 6 heteroatoms. The third-order valence-corrected chi connectivity index (χ3v) is 4.72. The molecule has 0 fully saturated rings. The molecule has 0 radical (unpaired) electrons. The van der Waals surface area contributed by atoms with Crippen molar-refractivity contribution in [2.24, 2.45) is 0 Å². The van der Waals surface area contributed by atoms with Crippen LogP contribution in [0.5, 0.6) is 0 Å². The van der Waals surface area contributed by atoms with Gasteiger partial charge in [0.05, 0.1) is 11.6 Å². The molecule has 4 rings (SSSR count). The van der Waals surface area contributed by atoms with Crippen molar-refractivity contribution >= 4 is 34.2 Å². The minimum atomic E-state index is -0.388. The Morgan fingerprint density at radius 1 is 0.929 bits per heavy atom. The fourth-order valence-corrected chi connectivity index (χ4v) is 3.35. The first-order valence-corrected chi connectivity index (χ1v) is 8.76. The molecule has 1 heterocycles. The molecule has 1 aliphatic heterocycles. The van der Waals surface area contributed by atoms with Crippen LogP contribution in [0.3, 0.4) is 0 Å². The van der Waals surface area contributed by atoms with Crippen molar-refractivity contribution in [3.63, 3.8) is 0 Å². The second kappa shape index (κ2) is 6.97. The third-order valence-electron chi connectivity index (χ3n) is 4.72. The highest BCUT2D eigenvalue weighted by Gasteiger charge is 2.32. The summed E-state index contributed by atoms with van der Waals surface area (Å²) in [6.45, 7) is -0.00942. The lowest BCUT2D eigenvalue weighted by molar-refractivity contribution is -0.116. The molecular formula is C22H15N3O3. The Morgan fingerprint density at radius 3 is 2.11 bits per heavy atom. The molecule has 1 aliphatic rings. The lowest BCUT2D eigenvalue weighted by Crippen LogP contribution is -2.41. The smallest absolute Gasteiger partial charge is 0.261 e. The van der Waals surface area contributed by atoms with Gasteiger partial charge < -0.3 is 5.32 Å². The van der Waals surface area contributed by atoms with E-state index in [4.69, 9.17) is 5.26 Å². The van der Waals surface area contributed by atoms with Gasteiger partial charge in [-0.25, -0.2) is 0 Å². The van der Waals surface area contributed by atoms with E-state index in [-0.39, 0.29) is 30.7 Å². The Balaban J connectivity index is 1.49. The molecule has 0 unspecified atom stereocenters. The van der Waals surface area contributed by atoms with Crippen molar-refractivity contribution < 1.29 is 14.4 Å². The van der Waals surface area contributed by atoms with Crippen molar-refractivity contribution in [2.45, 2.75) is 6.42 Å². The summed E-state index contributed by atoms with van der Waals surface area (Å²) in [6.07, 6.45) is -0.0182. The summed E-state index contributed by atoms with van der Waals surface area (Å²) >= 11 is 0. The molecule has 0 atom stereocenters. The van der Waals surface area contributed by atoms with Crippen molar-refractivity contribution in [1.82, 2.24) is 4.90 Å². The number of rotatable bonds is 4. The number of anilines is 1. The van der Waals surface area contributed by atoms with Gasteiger partial charge in [-0.3, -0.25) is 19.3 Å². The summed E-state index contributed by atoms with van der Waals surface area (Å²) in [5.41, 5.74) is 1.99. The van der Waals surface area contributed by atoms with E-state index in [9.17, 15) is 14.4 Å². The fourth-order valence-electron chi connectivity index (χ4n) is 3.35. The molecule has 28 heavy (non-hydrogen) atoms. The van der Waals surface area contributed by atoms with Crippen LogP contribution in [0, 0.1) is 11.3 Å². The molecule has 0 bridgehead atoms. The van der Waals surface area contributed by atoms with Crippen molar-refractivity contribution in [2.75, 3.05) is 11.9 Å². The standard InChI is InChI=1S/C22H15N3O3/c23-13-14-7-9-16(10-8-14)24-19(26)11-12-25-21(27)17-5-1-3-15-4-2-6-18(20(15)17)22(25)28/h1-10H,11-12H2,(H,24,26). The molecular weight excluding hydrogens is 354 g/mol. The number of carbonyl (C=O) groups is 3. The van der Waals surface area contributed by atoms with E-state index in [1.807, 2.05) is 18.2 Å². The van der Waals surface area contributed by atoms with Crippen LogP contribution in [-0.4, -0.2) is 29.2 Å². The van der Waals surface area contributed by atoms with Gasteiger partial charge in [-0.05, 0) is 41.8 Å². The van der Waals surface area contributed by atoms with Gasteiger partial charge in [0.15, 0.2) is 0 Å². The minimum absolute atomic E-state index is 0.00942. The maximum atomic E-state index is 12.8. The number of nitrogens with zero attached hydrogens (tertiary/aromatic N) is 2. The molecule has 136 valence electrons. The normalized spacial score (nSPS) is 12.8. The number of nitrogens with one attached hydrogen (secondary N) is 1. The summed E-state index contributed by atoms with van der Waals surface area (Å²) in [4.78, 5) is 38.9. The van der Waals surface area contributed by atoms with Crippen LogP contribution in [0.15, 0.2) is 60.7 Å². The van der Waals surface area contributed by atoms with Gasteiger partial charge in [0.2, 0.25) is 5.91 Å². The fraction of sp³-hybridized carbons (Fsp3) is 0.0909. The molecule has 0 aromatic heterocycles. The van der Waals surface area contributed by atoms with Crippen molar-refractivity contribution in [1.29, 1.82) is 5.26 Å². The van der Waals surface area contributed by atoms with Crippen LogP contribution in [0.1, 0.15) is 32.7 Å². The van der Waals surface area contributed by atoms with Crippen LogP contribution in [-0.2, 0) is 4.79 Å². The molecule has 3 aromatic carbocycles. The quantitative estimate of drug-likeness (QED) is 0.714. The first-order chi connectivity index (χ1) is 13.6. The Morgan fingerprint density at radius 2 is 1.54 bits per heavy atom. The first kappa shape index (κ1) is 17.4. The van der Waals surface area contributed by atoms with Gasteiger partial charge >= 0.3 is 0 Å². The Labute approximate surface area is 161 Å². The van der Waals surface area contributed by atoms with E-state index in [1.165, 1.54) is 0 Å². The predicted octanol–water partition coefficient (Wildman–Crippen LogP) is 3.34. The molecule has 1 N–H and O–H groups in total. The molecule has 3 amide bonds. The van der Waals surface area contributed by atoms with E-state index in [1.54, 1.807) is 48.5 Å². The minimum Gasteiger partial charge on any atom is -0.326 e. The van der Waals surface area contributed by atoms with Crippen LogP contribution >= 0.6 is 0 Å². The van der Waals surface area contributed by atoms with Crippen LogP contribution in [0.2, 0.25) is 0 Å². The summed E-state index contributed by atoms with van der Waals surface area (Å²) < 4.78 is 0.